The maximum Gasteiger partial charge on any atom is 0.186 e. The highest BCUT2D eigenvalue weighted by Crippen LogP contribution is 2.13. The average molecular weight is 220 g/mol. The molecule has 0 spiro atoms. The average Bonchev–Trinajstić information content (AvgIpc) is 2.02. The van der Waals surface area contributed by atoms with Gasteiger partial charge < -0.3 is 14.3 Å². The lowest BCUT2D eigenvalue weighted by Crippen LogP contribution is -2.30. The summed E-state index contributed by atoms with van der Waals surface area (Å²) in [6.07, 6.45) is 0.679. The van der Waals surface area contributed by atoms with Gasteiger partial charge in [0.15, 0.2) is 8.32 Å². The molecule has 0 aromatic heterocycles. The predicted octanol–water partition coefficient (Wildman–Crippen LogP) is 2.02. The zero-order valence-electron chi connectivity index (χ0n) is 9.88. The van der Waals surface area contributed by atoms with E-state index in [4.69, 9.17) is 14.3 Å². The Morgan fingerprint density at radius 3 is 2.50 bits per heavy atom. The Bertz CT molecular complexity index is 137. The fourth-order valence-corrected chi connectivity index (χ4v) is 3.24. The molecular weight excluding hydrogens is 196 g/mol. The van der Waals surface area contributed by atoms with Crippen LogP contribution in [0.3, 0.4) is 0 Å². The molecule has 14 heavy (non-hydrogen) atoms. The zero-order valence-corrected chi connectivity index (χ0v) is 10.9. The number of hydrogen-bond donors (Lipinski definition) is 1. The first-order chi connectivity index (χ1) is 6.48. The number of rotatable bonds is 8. The van der Waals surface area contributed by atoms with E-state index in [9.17, 15) is 0 Å². The number of hydrogen-bond acceptors (Lipinski definition) is 3. The van der Waals surface area contributed by atoms with Gasteiger partial charge >= 0.3 is 0 Å². The highest BCUT2D eigenvalue weighted by Gasteiger charge is 2.20. The van der Waals surface area contributed by atoms with Crippen LogP contribution in [0.2, 0.25) is 19.1 Å². The van der Waals surface area contributed by atoms with Crippen molar-refractivity contribution in [3.63, 3.8) is 0 Å². The molecular formula is C10H24O3Si. The predicted molar refractivity (Wildman–Crippen MR) is 61.0 cm³/mol. The minimum Gasteiger partial charge on any atom is -0.418 e. The molecule has 1 atom stereocenters. The molecule has 0 saturated heterocycles. The van der Waals surface area contributed by atoms with Crippen molar-refractivity contribution in [3.8, 4) is 0 Å². The monoisotopic (exact) mass is 220 g/mol. The maximum absolute atomic E-state index is 8.95. The lowest BCUT2D eigenvalue weighted by atomic mass is 10.4. The second-order valence-electron chi connectivity index (χ2n) is 4.22. The number of aliphatic hydroxyl groups is 1. The number of aliphatic hydroxyl groups excluding tert-OH is 1. The Morgan fingerprint density at radius 1 is 1.36 bits per heavy atom. The van der Waals surface area contributed by atoms with Crippen LogP contribution < -0.4 is 0 Å². The van der Waals surface area contributed by atoms with Gasteiger partial charge in [0.1, 0.15) is 0 Å². The normalized spacial score (nSPS) is 14.4. The van der Waals surface area contributed by atoms with E-state index < -0.39 is 8.32 Å². The van der Waals surface area contributed by atoms with E-state index in [1.54, 1.807) is 6.92 Å². The summed E-state index contributed by atoms with van der Waals surface area (Å²) in [6.45, 7) is 10.2. The summed E-state index contributed by atoms with van der Waals surface area (Å²) < 4.78 is 11.0. The molecule has 0 bridgehead atoms. The second kappa shape index (κ2) is 7.40. The lowest BCUT2D eigenvalue weighted by molar-refractivity contribution is 0.0463. The molecule has 0 radical (unpaired) electrons. The lowest BCUT2D eigenvalue weighted by Gasteiger charge is -2.21. The quantitative estimate of drug-likeness (QED) is 0.502. The Morgan fingerprint density at radius 2 is 2.00 bits per heavy atom. The minimum atomic E-state index is -1.42. The van der Waals surface area contributed by atoms with Gasteiger partial charge in [-0.25, -0.2) is 0 Å². The van der Waals surface area contributed by atoms with Gasteiger partial charge in [-0.1, -0.05) is 0 Å². The molecule has 0 saturated carbocycles. The van der Waals surface area contributed by atoms with Gasteiger partial charge in [0.25, 0.3) is 0 Å². The summed E-state index contributed by atoms with van der Waals surface area (Å²) in [6, 6.07) is 1.13. The molecule has 3 nitrogen and oxygen atoms in total. The van der Waals surface area contributed by atoms with Gasteiger partial charge in [-0.15, -0.1) is 0 Å². The smallest absolute Gasteiger partial charge is 0.186 e. The molecule has 0 fully saturated rings. The molecule has 0 amide bonds. The molecule has 0 aliphatic carbocycles. The molecule has 0 aromatic rings. The van der Waals surface area contributed by atoms with Crippen molar-refractivity contribution in [3.05, 3.63) is 0 Å². The molecule has 86 valence electrons. The molecule has 0 aliphatic rings. The van der Waals surface area contributed by atoms with Crippen LogP contribution in [0.4, 0.5) is 0 Å². The summed E-state index contributed by atoms with van der Waals surface area (Å²) in [5.74, 6) is 0. The van der Waals surface area contributed by atoms with E-state index >= 15 is 0 Å². The van der Waals surface area contributed by atoms with Crippen molar-refractivity contribution in [1.82, 2.24) is 0 Å². The van der Waals surface area contributed by atoms with Gasteiger partial charge in [0, 0.05) is 13.2 Å². The topological polar surface area (TPSA) is 38.7 Å². The van der Waals surface area contributed by atoms with Gasteiger partial charge in [-0.3, -0.25) is 0 Å². The van der Waals surface area contributed by atoms with Gasteiger partial charge in [-0.2, -0.15) is 0 Å². The summed E-state index contributed by atoms with van der Waals surface area (Å²) in [7, 11) is -1.42. The fourth-order valence-electron chi connectivity index (χ4n) is 1.32. The molecule has 0 heterocycles. The number of ether oxygens (including phenoxy) is 1. The van der Waals surface area contributed by atoms with Crippen LogP contribution in [0, 0.1) is 0 Å². The van der Waals surface area contributed by atoms with Crippen LogP contribution in [0.15, 0.2) is 0 Å². The highest BCUT2D eigenvalue weighted by molar-refractivity contribution is 6.71. The van der Waals surface area contributed by atoms with Crippen molar-refractivity contribution in [1.29, 1.82) is 0 Å². The first-order valence-corrected chi connectivity index (χ1v) is 8.49. The van der Waals surface area contributed by atoms with Crippen molar-refractivity contribution >= 4 is 8.32 Å². The third-order valence-electron chi connectivity index (χ3n) is 1.96. The Kier molecular flexibility index (Phi) is 7.45. The third-order valence-corrected chi connectivity index (χ3v) is 4.59. The van der Waals surface area contributed by atoms with Crippen LogP contribution in [0.1, 0.15) is 20.3 Å². The molecule has 1 unspecified atom stereocenters. The zero-order chi connectivity index (χ0) is 11.0. The van der Waals surface area contributed by atoms with Crippen LogP contribution in [0.25, 0.3) is 0 Å². The molecule has 0 rings (SSSR count). The summed E-state index contributed by atoms with van der Waals surface area (Å²) in [5.41, 5.74) is 0. The van der Waals surface area contributed by atoms with Gasteiger partial charge in [0.2, 0.25) is 0 Å². The first-order valence-electron chi connectivity index (χ1n) is 5.37. The Labute approximate surface area is 88.5 Å². The second-order valence-corrected chi connectivity index (χ2v) is 8.53. The van der Waals surface area contributed by atoms with Crippen molar-refractivity contribution < 1.29 is 14.3 Å². The first kappa shape index (κ1) is 14.1. The SMILES string of the molecule is CCO[Si](C)(C)CCCOCC(C)O. The standard InChI is InChI=1S/C10H24O3Si/c1-5-13-14(3,4)8-6-7-12-9-10(2)11/h10-11H,5-9H2,1-4H3. The minimum absolute atomic E-state index is 0.354. The van der Waals surface area contributed by atoms with Crippen LogP contribution in [0.5, 0.6) is 0 Å². The fraction of sp³-hybridized carbons (Fsp3) is 1.00. The van der Waals surface area contributed by atoms with Crippen molar-refractivity contribution in [2.75, 3.05) is 19.8 Å². The highest BCUT2D eigenvalue weighted by atomic mass is 28.4. The van der Waals surface area contributed by atoms with Crippen molar-refractivity contribution in [2.24, 2.45) is 0 Å². The molecule has 0 aromatic carbocycles. The van der Waals surface area contributed by atoms with Crippen LogP contribution in [-0.4, -0.2) is 39.3 Å². The Balaban J connectivity index is 3.34. The van der Waals surface area contributed by atoms with Crippen LogP contribution in [-0.2, 0) is 9.16 Å². The summed E-state index contributed by atoms with van der Waals surface area (Å²) in [4.78, 5) is 0. The summed E-state index contributed by atoms with van der Waals surface area (Å²) in [5, 5.41) is 8.95. The molecule has 0 aliphatic heterocycles. The molecule has 4 heteroatoms. The van der Waals surface area contributed by atoms with E-state index in [1.165, 1.54) is 0 Å². The van der Waals surface area contributed by atoms with Crippen molar-refractivity contribution in [2.45, 2.75) is 45.5 Å². The van der Waals surface area contributed by atoms with Crippen LogP contribution >= 0.6 is 0 Å². The largest absolute Gasteiger partial charge is 0.418 e. The summed E-state index contributed by atoms with van der Waals surface area (Å²) >= 11 is 0. The van der Waals surface area contributed by atoms with E-state index in [2.05, 4.69) is 13.1 Å². The van der Waals surface area contributed by atoms with E-state index in [-0.39, 0.29) is 6.10 Å². The van der Waals surface area contributed by atoms with E-state index in [1.807, 2.05) is 6.92 Å². The van der Waals surface area contributed by atoms with Gasteiger partial charge in [-0.05, 0) is 39.4 Å². The van der Waals surface area contributed by atoms with Gasteiger partial charge in [0.05, 0.1) is 12.7 Å². The van der Waals surface area contributed by atoms with E-state index in [0.29, 0.717) is 6.61 Å². The maximum atomic E-state index is 8.95. The Hall–Kier alpha value is 0.0969. The third kappa shape index (κ3) is 8.68. The molecule has 1 N–H and O–H groups in total. The van der Waals surface area contributed by atoms with E-state index in [0.717, 1.165) is 25.7 Å².